The first kappa shape index (κ1) is 33.6. The molecular weight excluding hydrogens is 714 g/mol. The molecule has 17 heteroatoms. The molecular formula is C34H10BF13O3. The van der Waals surface area contributed by atoms with Crippen molar-refractivity contribution >= 4 is 50.4 Å². The maximum Gasteiger partial charge on any atom is 0.864 e. The van der Waals surface area contributed by atoms with Crippen LogP contribution in [0.5, 0.6) is 17.2 Å². The second-order valence-electron chi connectivity index (χ2n) is 10.8. The van der Waals surface area contributed by atoms with Crippen molar-refractivity contribution in [3.8, 4) is 17.2 Å². The van der Waals surface area contributed by atoms with E-state index in [1.165, 1.54) is 0 Å². The highest BCUT2D eigenvalue weighted by Crippen LogP contribution is 2.40. The van der Waals surface area contributed by atoms with E-state index in [1.807, 2.05) is 0 Å². The summed E-state index contributed by atoms with van der Waals surface area (Å²) >= 11 is 0. The van der Waals surface area contributed by atoms with Crippen LogP contribution in [-0.2, 0) is 0 Å². The third-order valence-corrected chi connectivity index (χ3v) is 7.89. The van der Waals surface area contributed by atoms with E-state index in [9.17, 15) is 39.5 Å². The van der Waals surface area contributed by atoms with E-state index in [0.29, 0.717) is 12.1 Å². The summed E-state index contributed by atoms with van der Waals surface area (Å²) in [6, 6.07) is 8.07. The van der Waals surface area contributed by atoms with Crippen LogP contribution in [0.1, 0.15) is 0 Å². The summed E-state index contributed by atoms with van der Waals surface area (Å²) in [6.45, 7) is 0. The molecule has 0 spiro atoms. The Morgan fingerprint density at radius 1 is 0.353 bits per heavy atom. The Kier molecular flexibility index (Phi) is 8.03. The first-order chi connectivity index (χ1) is 24.2. The van der Waals surface area contributed by atoms with Crippen LogP contribution < -0.4 is 14.0 Å². The van der Waals surface area contributed by atoms with Crippen LogP contribution in [0.2, 0.25) is 0 Å². The Morgan fingerprint density at radius 3 is 1.35 bits per heavy atom. The standard InChI is InChI=1S/C34H10BF13O3/c36-17-8-7-11-9-16-15(10-14(11)22(17)37)25(40)30(45)33(48)34(16)51-35(49-18-5-1-3-12-20(18)26(41)31(46)28(43)23(12)38)50-19-6-2-4-13-21(19)27(42)32(47)29(44)24(13)39/h1-10H. The molecule has 0 aromatic heterocycles. The minimum absolute atomic E-state index is 0.219. The van der Waals surface area contributed by atoms with Gasteiger partial charge in [-0.05, 0) is 35.7 Å². The Morgan fingerprint density at radius 2 is 0.824 bits per heavy atom. The monoisotopic (exact) mass is 724 g/mol. The molecule has 7 aromatic carbocycles. The fraction of sp³-hybridized carbons (Fsp3) is 0. The topological polar surface area (TPSA) is 27.7 Å². The minimum Gasteiger partial charge on any atom is -0.489 e. The van der Waals surface area contributed by atoms with Crippen molar-refractivity contribution in [1.82, 2.24) is 0 Å². The van der Waals surface area contributed by atoms with Gasteiger partial charge in [-0.25, -0.2) is 52.7 Å². The van der Waals surface area contributed by atoms with Gasteiger partial charge in [0.1, 0.15) is 11.5 Å². The maximum atomic E-state index is 15.5. The summed E-state index contributed by atoms with van der Waals surface area (Å²) in [5, 5.41) is -6.52. The molecule has 0 amide bonds. The second-order valence-corrected chi connectivity index (χ2v) is 10.8. The van der Waals surface area contributed by atoms with E-state index in [1.54, 1.807) is 0 Å². The molecule has 0 unspecified atom stereocenters. The highest BCUT2D eigenvalue weighted by atomic mass is 19.2. The van der Waals surface area contributed by atoms with Gasteiger partial charge in [-0.1, -0.05) is 30.3 Å². The maximum absolute atomic E-state index is 15.5. The Labute approximate surface area is 275 Å². The van der Waals surface area contributed by atoms with Gasteiger partial charge in [0.15, 0.2) is 75.6 Å². The van der Waals surface area contributed by atoms with Crippen molar-refractivity contribution < 1.29 is 71.0 Å². The summed E-state index contributed by atoms with van der Waals surface area (Å²) in [4.78, 5) is 0. The van der Waals surface area contributed by atoms with Crippen molar-refractivity contribution in [3.63, 3.8) is 0 Å². The van der Waals surface area contributed by atoms with E-state index in [0.717, 1.165) is 48.5 Å². The summed E-state index contributed by atoms with van der Waals surface area (Å²) < 4.78 is 206. The summed E-state index contributed by atoms with van der Waals surface area (Å²) in [7, 11) is -2.75. The highest BCUT2D eigenvalue weighted by molar-refractivity contribution is 6.40. The molecule has 258 valence electrons. The molecule has 0 heterocycles. The van der Waals surface area contributed by atoms with Gasteiger partial charge in [0.05, 0.1) is 10.8 Å². The molecule has 0 aliphatic heterocycles. The van der Waals surface area contributed by atoms with Crippen LogP contribution in [-0.4, -0.2) is 7.32 Å². The minimum atomic E-state index is -2.75. The summed E-state index contributed by atoms with van der Waals surface area (Å²) in [5.41, 5.74) is 0. The van der Waals surface area contributed by atoms with Gasteiger partial charge in [0.2, 0.25) is 5.82 Å². The Hall–Kier alpha value is -5.87. The third-order valence-electron chi connectivity index (χ3n) is 7.89. The molecule has 0 fully saturated rings. The van der Waals surface area contributed by atoms with Crippen LogP contribution in [0, 0.1) is 75.6 Å². The van der Waals surface area contributed by atoms with E-state index in [4.69, 9.17) is 14.0 Å². The zero-order chi connectivity index (χ0) is 36.6. The normalized spacial score (nSPS) is 11.6. The first-order valence-electron chi connectivity index (χ1n) is 14.1. The van der Waals surface area contributed by atoms with Crippen LogP contribution in [0.4, 0.5) is 57.1 Å². The van der Waals surface area contributed by atoms with Crippen LogP contribution in [0.3, 0.4) is 0 Å². The largest absolute Gasteiger partial charge is 0.864 e. The van der Waals surface area contributed by atoms with Gasteiger partial charge < -0.3 is 14.0 Å². The lowest BCUT2D eigenvalue weighted by Gasteiger charge is -2.21. The van der Waals surface area contributed by atoms with Crippen LogP contribution >= 0.6 is 0 Å². The molecule has 0 saturated heterocycles. The molecule has 0 saturated carbocycles. The molecule has 7 rings (SSSR count). The lowest BCUT2D eigenvalue weighted by Crippen LogP contribution is -2.37. The third kappa shape index (κ3) is 5.17. The molecule has 3 nitrogen and oxygen atoms in total. The predicted octanol–water partition coefficient (Wildman–Crippen LogP) is 10.6. The SMILES string of the molecule is Fc1ccc2cc3c(OB(Oc4cccc5c(F)c(F)c(F)c(F)c45)Oc4cccc5c(F)c(F)c(F)c(F)c45)c(F)c(F)c(F)c3cc2c1F. The van der Waals surface area contributed by atoms with Crippen molar-refractivity contribution in [2.45, 2.75) is 0 Å². The number of benzene rings is 7. The van der Waals surface area contributed by atoms with Gasteiger partial charge in [-0.2, -0.15) is 4.39 Å². The second kappa shape index (κ2) is 12.2. The molecule has 0 N–H and O–H groups in total. The van der Waals surface area contributed by atoms with Gasteiger partial charge in [0.25, 0.3) is 0 Å². The summed E-state index contributed by atoms with van der Waals surface area (Å²) in [6.07, 6.45) is 0. The zero-order valence-electron chi connectivity index (χ0n) is 24.5. The highest BCUT2D eigenvalue weighted by Gasteiger charge is 2.37. The van der Waals surface area contributed by atoms with Gasteiger partial charge in [0, 0.05) is 26.9 Å². The number of halogens is 13. The Bertz CT molecular complexity index is 2530. The van der Waals surface area contributed by atoms with Crippen LogP contribution in [0.25, 0.3) is 43.1 Å². The fourth-order valence-corrected chi connectivity index (χ4v) is 5.52. The predicted molar refractivity (Wildman–Crippen MR) is 156 cm³/mol. The molecule has 0 aliphatic rings. The number of hydrogen-bond donors (Lipinski definition) is 0. The molecule has 0 aliphatic carbocycles. The zero-order valence-corrected chi connectivity index (χ0v) is 24.5. The quantitative estimate of drug-likeness (QED) is 0.0562. The van der Waals surface area contributed by atoms with Crippen molar-refractivity contribution in [2.75, 3.05) is 0 Å². The van der Waals surface area contributed by atoms with E-state index < -0.39 is 138 Å². The lowest BCUT2D eigenvalue weighted by atomic mass is 10.0. The molecule has 0 bridgehead atoms. The smallest absolute Gasteiger partial charge is 0.489 e. The Balaban J connectivity index is 1.46. The van der Waals surface area contributed by atoms with Crippen molar-refractivity contribution in [2.24, 2.45) is 0 Å². The summed E-state index contributed by atoms with van der Waals surface area (Å²) in [5.74, 6) is -29.3. The van der Waals surface area contributed by atoms with Crippen molar-refractivity contribution in [3.05, 3.63) is 136 Å². The van der Waals surface area contributed by atoms with Crippen molar-refractivity contribution in [1.29, 1.82) is 0 Å². The van der Waals surface area contributed by atoms with Gasteiger partial charge in [-0.3, -0.25) is 0 Å². The molecule has 7 aromatic rings. The van der Waals surface area contributed by atoms with E-state index >= 15 is 17.6 Å². The van der Waals surface area contributed by atoms with Gasteiger partial charge >= 0.3 is 7.32 Å². The molecule has 0 radical (unpaired) electrons. The fourth-order valence-electron chi connectivity index (χ4n) is 5.52. The van der Waals surface area contributed by atoms with E-state index in [2.05, 4.69) is 0 Å². The number of fused-ring (bicyclic) bond motifs is 4. The lowest BCUT2D eigenvalue weighted by molar-refractivity contribution is 0.299. The average Bonchev–Trinajstić information content (AvgIpc) is 3.13. The first-order valence-corrected chi connectivity index (χ1v) is 14.1. The average molecular weight is 724 g/mol. The van der Waals surface area contributed by atoms with Gasteiger partial charge in [-0.15, -0.1) is 0 Å². The number of rotatable bonds is 6. The number of hydrogen-bond acceptors (Lipinski definition) is 3. The van der Waals surface area contributed by atoms with Crippen LogP contribution in [0.15, 0.2) is 60.7 Å². The molecule has 0 atom stereocenters. The van der Waals surface area contributed by atoms with E-state index in [-0.39, 0.29) is 5.39 Å². The molecule has 51 heavy (non-hydrogen) atoms.